The quantitative estimate of drug-likeness (QED) is 0.735. The molecule has 2 aromatic rings. The van der Waals surface area contributed by atoms with Crippen LogP contribution in [0, 0.1) is 18.3 Å². The topological polar surface area (TPSA) is 49.8 Å². The summed E-state index contributed by atoms with van der Waals surface area (Å²) in [6.07, 6.45) is 0.918. The first kappa shape index (κ1) is 10.5. The lowest BCUT2D eigenvalue weighted by molar-refractivity contribution is 1.12. The van der Waals surface area contributed by atoms with Crippen molar-refractivity contribution in [1.82, 2.24) is 0 Å². The van der Waals surface area contributed by atoms with Gasteiger partial charge >= 0.3 is 0 Å². The third-order valence-electron chi connectivity index (χ3n) is 3.10. The van der Waals surface area contributed by atoms with E-state index in [4.69, 9.17) is 11.0 Å². The van der Waals surface area contributed by atoms with Crippen LogP contribution in [0.5, 0.6) is 0 Å². The molecule has 0 saturated carbocycles. The molecule has 0 aliphatic rings. The van der Waals surface area contributed by atoms with Gasteiger partial charge in [-0.25, -0.2) is 0 Å². The summed E-state index contributed by atoms with van der Waals surface area (Å²) in [6.45, 7) is 4.08. The maximum atomic E-state index is 9.15. The molecule has 80 valence electrons. The van der Waals surface area contributed by atoms with Crippen molar-refractivity contribution in [1.29, 1.82) is 5.26 Å². The fraction of sp³-hybridized carbons (Fsp3) is 0.214. The molecule has 0 atom stereocenters. The number of aryl methyl sites for hydroxylation is 1. The Morgan fingerprint density at radius 1 is 1.25 bits per heavy atom. The largest absolute Gasteiger partial charge is 0.397 e. The van der Waals surface area contributed by atoms with Crippen LogP contribution in [0.4, 0.5) is 5.69 Å². The van der Waals surface area contributed by atoms with Crippen molar-refractivity contribution in [2.24, 2.45) is 0 Å². The number of hydrogen-bond acceptors (Lipinski definition) is 2. The second-order valence-electron chi connectivity index (χ2n) is 3.90. The second-order valence-corrected chi connectivity index (χ2v) is 3.90. The molecular formula is C14H14N2. The van der Waals surface area contributed by atoms with Crippen LogP contribution in [0.15, 0.2) is 24.3 Å². The molecular weight excluding hydrogens is 196 g/mol. The molecule has 2 N–H and O–H groups in total. The minimum absolute atomic E-state index is 0.604. The Morgan fingerprint density at radius 3 is 2.44 bits per heavy atom. The molecule has 0 saturated heterocycles. The van der Waals surface area contributed by atoms with Crippen LogP contribution < -0.4 is 5.73 Å². The van der Waals surface area contributed by atoms with Gasteiger partial charge in [-0.3, -0.25) is 0 Å². The molecule has 0 heterocycles. The van der Waals surface area contributed by atoms with E-state index in [2.05, 4.69) is 19.1 Å². The van der Waals surface area contributed by atoms with Gasteiger partial charge in [-0.15, -0.1) is 0 Å². The van der Waals surface area contributed by atoms with Crippen LogP contribution in [0.3, 0.4) is 0 Å². The molecule has 2 aromatic carbocycles. The Balaban J connectivity index is 3.01. The van der Waals surface area contributed by atoms with Crippen molar-refractivity contribution >= 4 is 16.5 Å². The van der Waals surface area contributed by atoms with E-state index in [1.165, 1.54) is 10.9 Å². The molecule has 0 spiro atoms. The molecule has 2 rings (SSSR count). The fourth-order valence-electron chi connectivity index (χ4n) is 2.27. The van der Waals surface area contributed by atoms with Gasteiger partial charge in [-0.05, 0) is 29.9 Å². The summed E-state index contributed by atoms with van der Waals surface area (Å²) in [6, 6.07) is 10.2. The number of rotatable bonds is 1. The lowest BCUT2D eigenvalue weighted by Crippen LogP contribution is -2.00. The van der Waals surface area contributed by atoms with Crippen molar-refractivity contribution in [3.05, 3.63) is 41.0 Å². The molecule has 2 heteroatoms. The number of nitrogen functional groups attached to an aromatic ring is 1. The highest BCUT2D eigenvalue weighted by atomic mass is 14.6. The predicted molar refractivity (Wildman–Crippen MR) is 67.2 cm³/mol. The summed E-state index contributed by atoms with van der Waals surface area (Å²) in [5.74, 6) is 0. The first-order valence-electron chi connectivity index (χ1n) is 5.40. The third kappa shape index (κ3) is 1.33. The number of nitrogens with zero attached hydrogens (tertiary/aromatic N) is 1. The van der Waals surface area contributed by atoms with Crippen LogP contribution >= 0.6 is 0 Å². The first-order chi connectivity index (χ1) is 7.70. The SMILES string of the molecule is CCc1c(C)c(C#N)c(N)c2ccccc12. The van der Waals surface area contributed by atoms with Crippen LogP contribution in [0.2, 0.25) is 0 Å². The Morgan fingerprint density at radius 2 is 1.88 bits per heavy atom. The Bertz CT molecular complexity index is 577. The monoisotopic (exact) mass is 210 g/mol. The Labute approximate surface area is 95.3 Å². The van der Waals surface area contributed by atoms with Gasteiger partial charge in [-0.1, -0.05) is 31.2 Å². The maximum absolute atomic E-state index is 9.15. The summed E-state index contributed by atoms with van der Waals surface area (Å²) in [7, 11) is 0. The molecule has 16 heavy (non-hydrogen) atoms. The molecule has 2 nitrogen and oxygen atoms in total. The van der Waals surface area contributed by atoms with E-state index in [9.17, 15) is 0 Å². The molecule has 0 fully saturated rings. The van der Waals surface area contributed by atoms with Gasteiger partial charge < -0.3 is 5.73 Å². The predicted octanol–water partition coefficient (Wildman–Crippen LogP) is 3.16. The summed E-state index contributed by atoms with van der Waals surface area (Å²) in [5, 5.41) is 11.3. The van der Waals surface area contributed by atoms with Crippen molar-refractivity contribution in [2.75, 3.05) is 5.73 Å². The highest BCUT2D eigenvalue weighted by Crippen LogP contribution is 2.31. The lowest BCUT2D eigenvalue weighted by Gasteiger charge is -2.13. The van der Waals surface area contributed by atoms with Gasteiger partial charge in [0.1, 0.15) is 6.07 Å². The molecule has 0 aliphatic carbocycles. The number of benzene rings is 2. The van der Waals surface area contributed by atoms with E-state index in [1.54, 1.807) is 0 Å². The van der Waals surface area contributed by atoms with Gasteiger partial charge in [0.15, 0.2) is 0 Å². The van der Waals surface area contributed by atoms with E-state index in [1.807, 2.05) is 25.1 Å². The standard InChI is InChI=1S/C14H14N2/c1-3-10-9(2)13(8-15)14(16)12-7-5-4-6-11(10)12/h4-7H,3,16H2,1-2H3. The van der Waals surface area contributed by atoms with Crippen molar-refractivity contribution in [2.45, 2.75) is 20.3 Å². The van der Waals surface area contributed by atoms with Gasteiger partial charge in [0.25, 0.3) is 0 Å². The summed E-state index contributed by atoms with van der Waals surface area (Å²) in [4.78, 5) is 0. The number of nitrogens with two attached hydrogens (primary N) is 1. The molecule has 0 aliphatic heterocycles. The summed E-state index contributed by atoms with van der Waals surface area (Å²) < 4.78 is 0. The first-order valence-corrected chi connectivity index (χ1v) is 5.40. The maximum Gasteiger partial charge on any atom is 0.102 e. The zero-order valence-electron chi connectivity index (χ0n) is 9.54. The van der Waals surface area contributed by atoms with E-state index < -0.39 is 0 Å². The average Bonchev–Trinajstić information content (AvgIpc) is 2.30. The molecule has 0 radical (unpaired) electrons. The van der Waals surface area contributed by atoms with Crippen molar-refractivity contribution in [3.63, 3.8) is 0 Å². The lowest BCUT2D eigenvalue weighted by atomic mass is 9.92. The normalized spacial score (nSPS) is 10.3. The molecule has 0 bridgehead atoms. The van der Waals surface area contributed by atoms with E-state index >= 15 is 0 Å². The number of anilines is 1. The summed E-state index contributed by atoms with van der Waals surface area (Å²) >= 11 is 0. The smallest absolute Gasteiger partial charge is 0.102 e. The highest BCUT2D eigenvalue weighted by molar-refractivity contribution is 5.99. The number of nitriles is 1. The number of hydrogen-bond donors (Lipinski definition) is 1. The zero-order chi connectivity index (χ0) is 11.7. The molecule has 0 unspecified atom stereocenters. The van der Waals surface area contributed by atoms with E-state index in [0.717, 1.165) is 17.4 Å². The number of fused-ring (bicyclic) bond motifs is 1. The van der Waals surface area contributed by atoms with Gasteiger partial charge in [0, 0.05) is 5.39 Å². The van der Waals surface area contributed by atoms with Crippen molar-refractivity contribution in [3.8, 4) is 6.07 Å². The van der Waals surface area contributed by atoms with Gasteiger partial charge in [0.2, 0.25) is 0 Å². The minimum Gasteiger partial charge on any atom is -0.397 e. The molecule has 0 amide bonds. The van der Waals surface area contributed by atoms with E-state index in [0.29, 0.717) is 11.3 Å². The third-order valence-corrected chi connectivity index (χ3v) is 3.10. The van der Waals surface area contributed by atoms with Gasteiger partial charge in [-0.2, -0.15) is 5.26 Å². The van der Waals surface area contributed by atoms with Crippen LogP contribution in [0.1, 0.15) is 23.6 Å². The van der Waals surface area contributed by atoms with Crippen molar-refractivity contribution < 1.29 is 0 Å². The van der Waals surface area contributed by atoms with Gasteiger partial charge in [0.05, 0.1) is 11.3 Å². The van der Waals surface area contributed by atoms with Crippen LogP contribution in [-0.4, -0.2) is 0 Å². The van der Waals surface area contributed by atoms with Crippen LogP contribution in [0.25, 0.3) is 10.8 Å². The minimum atomic E-state index is 0.604. The Kier molecular flexibility index (Phi) is 2.54. The summed E-state index contributed by atoms with van der Waals surface area (Å²) in [5.41, 5.74) is 9.50. The highest BCUT2D eigenvalue weighted by Gasteiger charge is 2.12. The zero-order valence-corrected chi connectivity index (χ0v) is 9.54. The second kappa shape index (κ2) is 3.86. The molecule has 0 aromatic heterocycles. The average molecular weight is 210 g/mol. The fourth-order valence-corrected chi connectivity index (χ4v) is 2.27. The van der Waals surface area contributed by atoms with Crippen LogP contribution in [-0.2, 0) is 6.42 Å². The van der Waals surface area contributed by atoms with E-state index in [-0.39, 0.29) is 0 Å². The Hall–Kier alpha value is -2.01.